The fourth-order valence-electron chi connectivity index (χ4n) is 5.42. The molecule has 1 N–H and O–H groups in total. The molecular formula is C34H47N3O2. The summed E-state index contributed by atoms with van der Waals surface area (Å²) in [5, 5.41) is 11.0. The topological polar surface area (TPSA) is 56.1 Å². The lowest BCUT2D eigenvalue weighted by Gasteiger charge is -2.27. The van der Waals surface area contributed by atoms with E-state index in [-0.39, 0.29) is 11.5 Å². The molecule has 0 heterocycles. The van der Waals surface area contributed by atoms with E-state index in [2.05, 4.69) is 94.7 Å². The molecule has 3 rings (SSSR count). The number of anilines is 2. The van der Waals surface area contributed by atoms with Gasteiger partial charge in [0.25, 0.3) is 0 Å². The second-order valence-corrected chi connectivity index (χ2v) is 10.9. The number of unbranched alkanes of at least 4 members (excludes halogenated alkanes) is 2. The molecule has 0 aliphatic heterocycles. The van der Waals surface area contributed by atoms with Gasteiger partial charge >= 0.3 is 0 Å². The smallest absolute Gasteiger partial charge is 0.208 e. The van der Waals surface area contributed by atoms with Gasteiger partial charge in [-0.3, -0.25) is 4.79 Å². The van der Waals surface area contributed by atoms with Gasteiger partial charge in [-0.25, -0.2) is 4.99 Å². The summed E-state index contributed by atoms with van der Waals surface area (Å²) in [7, 11) is 0. The van der Waals surface area contributed by atoms with E-state index < -0.39 is 0 Å². The zero-order valence-corrected chi connectivity index (χ0v) is 25.0. The molecule has 0 amide bonds. The lowest BCUT2D eigenvalue weighted by Crippen LogP contribution is -2.30. The average molecular weight is 530 g/mol. The van der Waals surface area contributed by atoms with Gasteiger partial charge in [-0.15, -0.1) is 0 Å². The summed E-state index contributed by atoms with van der Waals surface area (Å²) >= 11 is 0. The highest BCUT2D eigenvalue weighted by Gasteiger charge is 2.27. The minimum Gasteiger partial charge on any atom is -0.508 e. The third-order valence-corrected chi connectivity index (χ3v) is 7.49. The number of ketones is 1. The molecule has 39 heavy (non-hydrogen) atoms. The van der Waals surface area contributed by atoms with Crippen LogP contribution < -0.4 is 9.80 Å². The molecule has 2 aromatic carbocycles. The Morgan fingerprint density at radius 1 is 0.769 bits per heavy atom. The zero-order chi connectivity index (χ0) is 28.5. The second-order valence-electron chi connectivity index (χ2n) is 10.9. The van der Waals surface area contributed by atoms with Crippen molar-refractivity contribution >= 4 is 28.6 Å². The van der Waals surface area contributed by atoms with Crippen LogP contribution in [0.2, 0.25) is 0 Å². The Bertz CT molecular complexity index is 1190. The first-order valence-electron chi connectivity index (χ1n) is 14.7. The largest absolute Gasteiger partial charge is 0.508 e. The number of allylic oxidation sites excluding steroid dienone is 3. The minimum atomic E-state index is -0.227. The lowest BCUT2D eigenvalue weighted by atomic mass is 9.86. The number of hydrogen-bond acceptors (Lipinski definition) is 5. The van der Waals surface area contributed by atoms with Crippen LogP contribution in [0, 0.1) is 0 Å². The summed E-state index contributed by atoms with van der Waals surface area (Å²) in [5.74, 6) is -0.159. The Hall–Kier alpha value is -3.34. The summed E-state index contributed by atoms with van der Waals surface area (Å²) in [6.45, 7) is 17.1. The Balaban J connectivity index is 1.98. The van der Waals surface area contributed by atoms with E-state index in [0.717, 1.165) is 66.9 Å². The molecule has 0 bridgehead atoms. The van der Waals surface area contributed by atoms with Gasteiger partial charge in [0.2, 0.25) is 5.78 Å². The van der Waals surface area contributed by atoms with Crippen molar-refractivity contribution in [3.05, 3.63) is 77.1 Å². The highest BCUT2D eigenvalue weighted by atomic mass is 16.3. The molecule has 210 valence electrons. The van der Waals surface area contributed by atoms with Gasteiger partial charge in [0.15, 0.2) is 0 Å². The normalized spacial score (nSPS) is 14.9. The van der Waals surface area contributed by atoms with Crippen LogP contribution in [0.25, 0.3) is 0 Å². The van der Waals surface area contributed by atoms with Crippen molar-refractivity contribution in [2.24, 2.45) is 4.99 Å². The molecular weight excluding hydrogens is 482 g/mol. The van der Waals surface area contributed by atoms with E-state index in [1.807, 2.05) is 12.1 Å². The fourth-order valence-corrected chi connectivity index (χ4v) is 5.42. The maximum absolute atomic E-state index is 13.2. The molecule has 0 fully saturated rings. The van der Waals surface area contributed by atoms with Crippen molar-refractivity contribution in [2.75, 3.05) is 22.9 Å². The van der Waals surface area contributed by atoms with E-state index in [1.165, 1.54) is 11.8 Å². The highest BCUT2D eigenvalue weighted by Crippen LogP contribution is 2.31. The minimum absolute atomic E-state index is 0.0674. The van der Waals surface area contributed by atoms with Gasteiger partial charge in [-0.2, -0.15) is 0 Å². The van der Waals surface area contributed by atoms with Crippen LogP contribution in [0.3, 0.4) is 0 Å². The first-order valence-corrected chi connectivity index (χ1v) is 14.7. The van der Waals surface area contributed by atoms with Crippen LogP contribution in [0.1, 0.15) is 79.7 Å². The molecule has 1 aliphatic carbocycles. The van der Waals surface area contributed by atoms with Crippen LogP contribution in [0.5, 0.6) is 0 Å². The van der Waals surface area contributed by atoms with Crippen molar-refractivity contribution in [3.63, 3.8) is 0 Å². The summed E-state index contributed by atoms with van der Waals surface area (Å²) in [6, 6.07) is 17.5. The summed E-state index contributed by atoms with van der Waals surface area (Å²) < 4.78 is 0. The number of nitrogens with zero attached hydrogens (tertiary/aromatic N) is 3. The van der Waals surface area contributed by atoms with Gasteiger partial charge < -0.3 is 14.9 Å². The maximum Gasteiger partial charge on any atom is 0.208 e. The lowest BCUT2D eigenvalue weighted by molar-refractivity contribution is -0.109. The van der Waals surface area contributed by atoms with Crippen molar-refractivity contribution in [3.8, 4) is 0 Å². The predicted octanol–water partition coefficient (Wildman–Crippen LogP) is 8.37. The van der Waals surface area contributed by atoms with E-state index in [0.29, 0.717) is 24.2 Å². The molecule has 0 saturated heterocycles. The van der Waals surface area contributed by atoms with Gasteiger partial charge in [0.1, 0.15) is 11.5 Å². The number of aliphatic hydroxyl groups excluding tert-OH is 1. The van der Waals surface area contributed by atoms with Gasteiger partial charge in [-0.1, -0.05) is 31.9 Å². The molecule has 2 aromatic rings. The van der Waals surface area contributed by atoms with E-state index in [1.54, 1.807) is 0 Å². The molecule has 0 aromatic heterocycles. The van der Waals surface area contributed by atoms with Crippen LogP contribution >= 0.6 is 0 Å². The Labute approximate surface area is 236 Å². The number of carbonyl (C=O) groups excluding carboxylic acids is 1. The predicted molar refractivity (Wildman–Crippen MR) is 167 cm³/mol. The van der Waals surface area contributed by atoms with Crippen LogP contribution in [0.15, 0.2) is 76.5 Å². The molecule has 0 unspecified atom stereocenters. The van der Waals surface area contributed by atoms with E-state index in [9.17, 15) is 9.90 Å². The highest BCUT2D eigenvalue weighted by molar-refractivity contribution is 6.51. The van der Waals surface area contributed by atoms with Crippen molar-refractivity contribution in [1.29, 1.82) is 0 Å². The van der Waals surface area contributed by atoms with Crippen LogP contribution in [-0.4, -0.2) is 41.8 Å². The number of rotatable bonds is 13. The first kappa shape index (κ1) is 30.2. The van der Waals surface area contributed by atoms with Crippen LogP contribution in [0.4, 0.5) is 17.1 Å². The van der Waals surface area contributed by atoms with Gasteiger partial charge in [0, 0.05) is 54.6 Å². The monoisotopic (exact) mass is 529 g/mol. The van der Waals surface area contributed by atoms with Gasteiger partial charge in [0.05, 0.1) is 5.69 Å². The van der Waals surface area contributed by atoms with Crippen molar-refractivity contribution in [1.82, 2.24) is 0 Å². The molecule has 0 saturated carbocycles. The number of benzene rings is 2. The number of hydrogen-bond donors (Lipinski definition) is 1. The molecule has 0 radical (unpaired) electrons. The molecule has 5 nitrogen and oxygen atoms in total. The summed E-state index contributed by atoms with van der Waals surface area (Å²) in [4.78, 5) is 22.7. The maximum atomic E-state index is 13.2. The average Bonchev–Trinajstić information content (AvgIpc) is 2.90. The number of aliphatic hydroxyl groups is 1. The van der Waals surface area contributed by atoms with Crippen LogP contribution in [-0.2, 0) is 11.2 Å². The first-order chi connectivity index (χ1) is 18.7. The molecule has 0 atom stereocenters. The Morgan fingerprint density at radius 3 is 1.79 bits per heavy atom. The van der Waals surface area contributed by atoms with Gasteiger partial charge in [-0.05, 0) is 102 Å². The molecule has 0 spiro atoms. The zero-order valence-electron chi connectivity index (χ0n) is 25.0. The number of aliphatic imine (C=N–C) groups is 1. The second kappa shape index (κ2) is 14.2. The van der Waals surface area contributed by atoms with E-state index >= 15 is 0 Å². The SMILES string of the molecule is CCCCCC1=C(Cc2ccc(N(CC)C(C)C)cc2)C(O)=CC(=O)C1=Nc1ccc(N(CC)C(C)C)cc1. The van der Waals surface area contributed by atoms with Crippen molar-refractivity contribution in [2.45, 2.75) is 92.7 Å². The van der Waals surface area contributed by atoms with E-state index in [4.69, 9.17) is 4.99 Å². The third-order valence-electron chi connectivity index (χ3n) is 7.49. The molecule has 1 aliphatic rings. The quantitative estimate of drug-likeness (QED) is 0.209. The standard InChI is InChI=1S/C34H47N3O2/c1-8-11-12-13-30-31(22-26-14-18-28(19-15-26)36(9-2)24(4)5)32(38)23-33(39)34(30)35-27-16-20-29(21-17-27)37(10-3)25(6)7/h14-21,23-25,38H,8-13,22H2,1-7H3. The Kier molecular flexibility index (Phi) is 11.0. The van der Waals surface area contributed by atoms with Crippen molar-refractivity contribution < 1.29 is 9.90 Å². The summed E-state index contributed by atoms with van der Waals surface area (Å²) in [5.41, 5.74) is 6.33. The summed E-state index contributed by atoms with van der Waals surface area (Å²) in [6.07, 6.45) is 5.72. The number of carbonyl (C=O) groups is 1. The molecule has 5 heteroatoms. The third kappa shape index (κ3) is 7.62. The Morgan fingerprint density at radius 2 is 1.31 bits per heavy atom. The fraction of sp³-hybridized carbons (Fsp3) is 0.471.